The van der Waals surface area contributed by atoms with E-state index in [9.17, 15) is 4.79 Å². The van der Waals surface area contributed by atoms with Gasteiger partial charge in [-0.25, -0.2) is 0 Å². The summed E-state index contributed by atoms with van der Waals surface area (Å²) in [6.45, 7) is 0.273. The molecule has 8 heavy (non-hydrogen) atoms. The lowest BCUT2D eigenvalue weighted by molar-refractivity contribution is -0.104. The maximum absolute atomic E-state index is 9.72. The Balaban J connectivity index is 3.66. The molecule has 0 atom stereocenters. The summed E-state index contributed by atoms with van der Waals surface area (Å²) < 4.78 is 4.64. The Labute approximate surface area is 48.1 Å². The van der Waals surface area contributed by atoms with Crippen LogP contribution in [0.25, 0.3) is 0 Å². The molecule has 0 fully saturated rings. The first kappa shape index (κ1) is 7.17. The number of nitrogens with two attached hydrogens (primary N) is 1. The Morgan fingerprint density at radius 2 is 2.50 bits per heavy atom. The highest BCUT2D eigenvalue weighted by Crippen LogP contribution is 1.86. The number of hydrogen-bond acceptors (Lipinski definition) is 3. The van der Waals surface area contributed by atoms with E-state index in [-0.39, 0.29) is 6.54 Å². The van der Waals surface area contributed by atoms with Crippen molar-refractivity contribution in [3.05, 3.63) is 11.8 Å². The summed E-state index contributed by atoms with van der Waals surface area (Å²) in [6.07, 6.45) is 1.94. The fourth-order valence-corrected chi connectivity index (χ4v) is 0.295. The third-order valence-corrected chi connectivity index (χ3v) is 0.717. The van der Waals surface area contributed by atoms with Crippen LogP contribution in [-0.4, -0.2) is 19.9 Å². The van der Waals surface area contributed by atoms with Crippen LogP contribution in [0.1, 0.15) is 0 Å². The van der Waals surface area contributed by atoms with Crippen molar-refractivity contribution < 1.29 is 9.53 Å². The number of carbonyl (C=O) groups is 1. The summed E-state index contributed by atoms with van der Waals surface area (Å²) in [6, 6.07) is 0. The molecule has 0 aromatic carbocycles. The number of allylic oxidation sites excluding steroid dienone is 1. The van der Waals surface area contributed by atoms with Crippen LogP contribution in [0.4, 0.5) is 0 Å². The predicted octanol–water partition coefficient (Wildman–Crippen LogP) is -0.326. The summed E-state index contributed by atoms with van der Waals surface area (Å²) in [5.74, 6) is 0.500. The van der Waals surface area contributed by atoms with Crippen LogP contribution < -0.4 is 5.73 Å². The third kappa shape index (κ3) is 2.36. The third-order valence-electron chi connectivity index (χ3n) is 0.717. The minimum atomic E-state index is 0.273. The lowest BCUT2D eigenvalue weighted by Crippen LogP contribution is -2.04. The van der Waals surface area contributed by atoms with Crippen LogP contribution >= 0.6 is 0 Å². The molecule has 0 spiro atoms. The molecule has 0 aliphatic carbocycles. The lowest BCUT2D eigenvalue weighted by atomic mass is 10.5. The molecule has 0 aliphatic heterocycles. The molecule has 0 saturated heterocycles. The van der Waals surface area contributed by atoms with Crippen molar-refractivity contribution in [1.29, 1.82) is 0 Å². The predicted molar refractivity (Wildman–Crippen MR) is 30.2 cm³/mol. The van der Waals surface area contributed by atoms with Gasteiger partial charge in [0, 0.05) is 6.08 Å². The van der Waals surface area contributed by atoms with E-state index >= 15 is 0 Å². The minimum Gasteiger partial charge on any atom is -0.500 e. The van der Waals surface area contributed by atoms with Gasteiger partial charge in [-0.1, -0.05) is 0 Å². The largest absolute Gasteiger partial charge is 0.500 e. The topological polar surface area (TPSA) is 52.3 Å². The SMILES string of the molecule is CO/C(=C/C=O)CN. The molecular weight excluding hydrogens is 106 g/mol. The molecule has 3 nitrogen and oxygen atoms in total. The van der Waals surface area contributed by atoms with E-state index in [1.54, 1.807) is 0 Å². The molecule has 0 aromatic heterocycles. The van der Waals surface area contributed by atoms with Gasteiger partial charge in [-0.05, 0) is 0 Å². The smallest absolute Gasteiger partial charge is 0.146 e. The fraction of sp³-hybridized carbons (Fsp3) is 0.400. The van der Waals surface area contributed by atoms with Crippen LogP contribution in [0, 0.1) is 0 Å². The van der Waals surface area contributed by atoms with Crippen molar-refractivity contribution in [3.8, 4) is 0 Å². The summed E-state index contributed by atoms with van der Waals surface area (Å²) in [5.41, 5.74) is 5.12. The highest BCUT2D eigenvalue weighted by Gasteiger charge is 1.85. The van der Waals surface area contributed by atoms with Gasteiger partial charge in [0.25, 0.3) is 0 Å². The van der Waals surface area contributed by atoms with Gasteiger partial charge < -0.3 is 10.5 Å². The average Bonchev–Trinajstić information content (AvgIpc) is 1.83. The maximum Gasteiger partial charge on any atom is 0.146 e. The molecule has 46 valence electrons. The molecule has 0 unspecified atom stereocenters. The van der Waals surface area contributed by atoms with E-state index in [1.165, 1.54) is 13.2 Å². The molecule has 0 saturated carbocycles. The molecule has 0 bridgehead atoms. The summed E-state index contributed by atoms with van der Waals surface area (Å²) >= 11 is 0. The van der Waals surface area contributed by atoms with E-state index in [0.29, 0.717) is 12.0 Å². The zero-order chi connectivity index (χ0) is 6.41. The zero-order valence-corrected chi connectivity index (χ0v) is 4.76. The van der Waals surface area contributed by atoms with E-state index in [2.05, 4.69) is 4.74 Å². The second-order valence-corrected chi connectivity index (χ2v) is 1.18. The number of hydrogen-bond donors (Lipinski definition) is 1. The number of carbonyl (C=O) groups excluding carboxylic acids is 1. The van der Waals surface area contributed by atoms with Crippen LogP contribution in [0.5, 0.6) is 0 Å². The summed E-state index contributed by atoms with van der Waals surface area (Å²) in [5, 5.41) is 0. The second kappa shape index (κ2) is 4.33. The first-order valence-corrected chi connectivity index (χ1v) is 2.23. The van der Waals surface area contributed by atoms with E-state index in [1.807, 2.05) is 0 Å². The first-order valence-electron chi connectivity index (χ1n) is 2.23. The maximum atomic E-state index is 9.72. The molecule has 0 aliphatic rings. The fourth-order valence-electron chi connectivity index (χ4n) is 0.295. The number of ether oxygens (including phenoxy) is 1. The quantitative estimate of drug-likeness (QED) is 0.311. The highest BCUT2D eigenvalue weighted by molar-refractivity contribution is 5.65. The second-order valence-electron chi connectivity index (χ2n) is 1.18. The Morgan fingerprint density at radius 3 is 2.62 bits per heavy atom. The van der Waals surface area contributed by atoms with Crippen molar-refractivity contribution in [2.24, 2.45) is 5.73 Å². The molecule has 2 N–H and O–H groups in total. The minimum absolute atomic E-state index is 0.273. The number of rotatable bonds is 3. The van der Waals surface area contributed by atoms with Gasteiger partial charge in [-0.15, -0.1) is 0 Å². The lowest BCUT2D eigenvalue weighted by Gasteiger charge is -1.97. The standard InChI is InChI=1S/C5H9NO2/c1-8-5(4-6)2-3-7/h2-3H,4,6H2,1H3/b5-2+. The Kier molecular flexibility index (Phi) is 3.88. The highest BCUT2D eigenvalue weighted by atomic mass is 16.5. The van der Waals surface area contributed by atoms with E-state index in [0.717, 1.165) is 0 Å². The van der Waals surface area contributed by atoms with Crippen molar-refractivity contribution in [3.63, 3.8) is 0 Å². The molecule has 0 heterocycles. The molecule has 0 rings (SSSR count). The summed E-state index contributed by atoms with van der Waals surface area (Å²) in [7, 11) is 1.47. The Hall–Kier alpha value is -0.830. The van der Waals surface area contributed by atoms with Crippen LogP contribution in [0.2, 0.25) is 0 Å². The van der Waals surface area contributed by atoms with Crippen LogP contribution in [-0.2, 0) is 9.53 Å². The molecule has 0 aromatic rings. The molecule has 0 radical (unpaired) electrons. The average molecular weight is 115 g/mol. The molecular formula is C5H9NO2. The number of aldehydes is 1. The first-order chi connectivity index (χ1) is 3.85. The van der Waals surface area contributed by atoms with Gasteiger partial charge in [0.2, 0.25) is 0 Å². The van der Waals surface area contributed by atoms with Gasteiger partial charge in [-0.3, -0.25) is 4.79 Å². The molecule has 0 amide bonds. The summed E-state index contributed by atoms with van der Waals surface area (Å²) in [4.78, 5) is 9.72. The number of methoxy groups -OCH3 is 1. The van der Waals surface area contributed by atoms with Gasteiger partial charge in [0.05, 0.1) is 13.7 Å². The van der Waals surface area contributed by atoms with E-state index in [4.69, 9.17) is 5.73 Å². The van der Waals surface area contributed by atoms with Crippen LogP contribution in [0.3, 0.4) is 0 Å². The Morgan fingerprint density at radius 1 is 1.88 bits per heavy atom. The van der Waals surface area contributed by atoms with Gasteiger partial charge in [0.15, 0.2) is 0 Å². The van der Waals surface area contributed by atoms with Crippen molar-refractivity contribution in [2.75, 3.05) is 13.7 Å². The van der Waals surface area contributed by atoms with Crippen molar-refractivity contribution in [1.82, 2.24) is 0 Å². The van der Waals surface area contributed by atoms with Crippen LogP contribution in [0.15, 0.2) is 11.8 Å². The van der Waals surface area contributed by atoms with Gasteiger partial charge >= 0.3 is 0 Å². The normalized spacial score (nSPS) is 11.0. The monoisotopic (exact) mass is 115 g/mol. The Bertz CT molecular complexity index is 92.6. The van der Waals surface area contributed by atoms with E-state index < -0.39 is 0 Å². The van der Waals surface area contributed by atoms with Crippen molar-refractivity contribution >= 4 is 6.29 Å². The zero-order valence-electron chi connectivity index (χ0n) is 4.76. The van der Waals surface area contributed by atoms with Crippen molar-refractivity contribution in [2.45, 2.75) is 0 Å². The van der Waals surface area contributed by atoms with Gasteiger partial charge in [0.1, 0.15) is 12.0 Å². The van der Waals surface area contributed by atoms with Gasteiger partial charge in [-0.2, -0.15) is 0 Å². The molecule has 3 heteroatoms.